The highest BCUT2D eigenvalue weighted by Crippen LogP contribution is 2.27. The first-order valence-corrected chi connectivity index (χ1v) is 5.63. The molecule has 0 radical (unpaired) electrons. The van der Waals surface area contributed by atoms with Crippen LogP contribution in [0.15, 0.2) is 12.4 Å². The summed E-state index contributed by atoms with van der Waals surface area (Å²) in [6.07, 6.45) is 11.8. The van der Waals surface area contributed by atoms with E-state index in [1.165, 1.54) is 37.7 Å². The van der Waals surface area contributed by atoms with Gasteiger partial charge in [-0.15, -0.1) is 0 Å². The molecule has 78 valence electrons. The smallest absolute Gasteiger partial charge is 0.0522 e. The first-order valence-electron chi connectivity index (χ1n) is 5.63. The van der Waals surface area contributed by atoms with E-state index in [1.54, 1.807) is 0 Å². The third-order valence-electron chi connectivity index (χ3n) is 3.04. The van der Waals surface area contributed by atoms with Crippen LogP contribution in [0.2, 0.25) is 0 Å². The highest BCUT2D eigenvalue weighted by Gasteiger charge is 2.15. The van der Waals surface area contributed by atoms with Crippen molar-refractivity contribution in [2.75, 3.05) is 6.54 Å². The summed E-state index contributed by atoms with van der Waals surface area (Å²) in [5.74, 6) is 0. The zero-order valence-electron chi connectivity index (χ0n) is 8.65. The van der Waals surface area contributed by atoms with Crippen molar-refractivity contribution in [1.29, 1.82) is 0 Å². The summed E-state index contributed by atoms with van der Waals surface area (Å²) in [4.78, 5) is 0. The molecule has 3 nitrogen and oxygen atoms in total. The van der Waals surface area contributed by atoms with Gasteiger partial charge in [0.25, 0.3) is 0 Å². The average molecular weight is 193 g/mol. The Morgan fingerprint density at radius 1 is 1.36 bits per heavy atom. The Hall–Kier alpha value is -0.830. The van der Waals surface area contributed by atoms with Gasteiger partial charge in [-0.2, -0.15) is 5.10 Å². The predicted molar refractivity (Wildman–Crippen MR) is 57.1 cm³/mol. The summed E-state index contributed by atoms with van der Waals surface area (Å²) in [6.45, 7) is 0.719. The van der Waals surface area contributed by atoms with Crippen molar-refractivity contribution in [3.63, 3.8) is 0 Å². The molecule has 0 aromatic carbocycles. The Kier molecular flexibility index (Phi) is 3.19. The van der Waals surface area contributed by atoms with Crippen molar-refractivity contribution in [2.45, 2.75) is 44.6 Å². The van der Waals surface area contributed by atoms with Gasteiger partial charge in [-0.25, -0.2) is 0 Å². The van der Waals surface area contributed by atoms with Crippen LogP contribution in [-0.2, 0) is 6.42 Å². The van der Waals surface area contributed by atoms with Crippen LogP contribution < -0.4 is 5.73 Å². The number of nitrogens with zero attached hydrogens (tertiary/aromatic N) is 2. The third-order valence-corrected chi connectivity index (χ3v) is 3.04. The molecule has 2 rings (SSSR count). The maximum absolute atomic E-state index is 5.51. The molecule has 1 aliphatic carbocycles. The van der Waals surface area contributed by atoms with Gasteiger partial charge in [-0.05, 0) is 31.4 Å². The Morgan fingerprint density at radius 2 is 2.14 bits per heavy atom. The summed E-state index contributed by atoms with van der Waals surface area (Å²) in [5.41, 5.74) is 6.79. The van der Waals surface area contributed by atoms with Gasteiger partial charge in [0.15, 0.2) is 0 Å². The minimum Gasteiger partial charge on any atom is -0.330 e. The van der Waals surface area contributed by atoms with Gasteiger partial charge in [-0.3, -0.25) is 4.68 Å². The third kappa shape index (κ3) is 2.15. The molecule has 1 saturated carbocycles. The second-order valence-electron chi connectivity index (χ2n) is 4.16. The van der Waals surface area contributed by atoms with E-state index in [0.717, 1.165) is 13.0 Å². The highest BCUT2D eigenvalue weighted by atomic mass is 15.3. The van der Waals surface area contributed by atoms with Crippen LogP contribution in [0.4, 0.5) is 0 Å². The van der Waals surface area contributed by atoms with Gasteiger partial charge >= 0.3 is 0 Å². The lowest BCUT2D eigenvalue weighted by Gasteiger charge is -2.21. The van der Waals surface area contributed by atoms with Gasteiger partial charge in [0.05, 0.1) is 12.2 Å². The number of aromatic nitrogens is 2. The fourth-order valence-electron chi connectivity index (χ4n) is 2.22. The molecule has 1 aromatic heterocycles. The molecule has 0 atom stereocenters. The lowest BCUT2D eigenvalue weighted by atomic mass is 9.96. The van der Waals surface area contributed by atoms with E-state index in [4.69, 9.17) is 5.73 Å². The van der Waals surface area contributed by atoms with Gasteiger partial charge in [0, 0.05) is 6.20 Å². The van der Waals surface area contributed by atoms with Crippen LogP contribution in [0.25, 0.3) is 0 Å². The lowest BCUT2D eigenvalue weighted by Crippen LogP contribution is -2.13. The molecule has 0 saturated heterocycles. The number of rotatable bonds is 3. The first-order chi connectivity index (χ1) is 6.90. The van der Waals surface area contributed by atoms with E-state index >= 15 is 0 Å². The topological polar surface area (TPSA) is 43.8 Å². The van der Waals surface area contributed by atoms with Crippen molar-refractivity contribution in [3.8, 4) is 0 Å². The Morgan fingerprint density at radius 3 is 2.86 bits per heavy atom. The molecule has 1 aromatic rings. The molecule has 0 bridgehead atoms. The number of hydrogen-bond acceptors (Lipinski definition) is 2. The Labute approximate surface area is 85.3 Å². The molecule has 0 aliphatic heterocycles. The SMILES string of the molecule is NCCc1cnn(C2CCCCC2)c1. The molecular weight excluding hydrogens is 174 g/mol. The molecule has 2 N–H and O–H groups in total. The van der Waals surface area contributed by atoms with E-state index in [2.05, 4.69) is 16.0 Å². The molecule has 1 aliphatic rings. The van der Waals surface area contributed by atoms with Crippen LogP contribution in [0, 0.1) is 0 Å². The minimum absolute atomic E-state index is 0.648. The van der Waals surface area contributed by atoms with Crippen molar-refractivity contribution in [3.05, 3.63) is 18.0 Å². The average Bonchev–Trinajstić information content (AvgIpc) is 2.68. The van der Waals surface area contributed by atoms with Crippen LogP contribution in [0.5, 0.6) is 0 Å². The Balaban J connectivity index is 2.00. The molecule has 0 unspecified atom stereocenters. The fraction of sp³-hybridized carbons (Fsp3) is 0.727. The summed E-state index contributed by atoms with van der Waals surface area (Å²) in [5, 5.41) is 4.42. The van der Waals surface area contributed by atoms with Crippen molar-refractivity contribution < 1.29 is 0 Å². The second kappa shape index (κ2) is 4.60. The maximum atomic E-state index is 5.51. The monoisotopic (exact) mass is 193 g/mol. The zero-order valence-corrected chi connectivity index (χ0v) is 8.65. The standard InChI is InChI=1S/C11H19N3/c12-7-6-10-8-13-14(9-10)11-4-2-1-3-5-11/h8-9,11H,1-7,12H2. The minimum atomic E-state index is 0.648. The van der Waals surface area contributed by atoms with Crippen LogP contribution in [-0.4, -0.2) is 16.3 Å². The molecule has 3 heteroatoms. The lowest BCUT2D eigenvalue weighted by molar-refractivity contribution is 0.329. The molecule has 0 spiro atoms. The van der Waals surface area contributed by atoms with Gasteiger partial charge < -0.3 is 5.73 Å². The number of hydrogen-bond donors (Lipinski definition) is 1. The number of nitrogens with two attached hydrogens (primary N) is 1. The van der Waals surface area contributed by atoms with Crippen molar-refractivity contribution in [1.82, 2.24) is 9.78 Å². The Bertz CT molecular complexity index is 274. The summed E-state index contributed by atoms with van der Waals surface area (Å²) in [7, 11) is 0. The predicted octanol–water partition coefficient (Wildman–Crippen LogP) is 1.89. The van der Waals surface area contributed by atoms with E-state index < -0.39 is 0 Å². The molecule has 1 fully saturated rings. The quantitative estimate of drug-likeness (QED) is 0.796. The second-order valence-corrected chi connectivity index (χ2v) is 4.16. The van der Waals surface area contributed by atoms with E-state index in [9.17, 15) is 0 Å². The molecular formula is C11H19N3. The fourth-order valence-corrected chi connectivity index (χ4v) is 2.22. The summed E-state index contributed by atoms with van der Waals surface area (Å²) < 4.78 is 2.14. The van der Waals surface area contributed by atoms with Crippen molar-refractivity contribution >= 4 is 0 Å². The first kappa shape index (κ1) is 9.71. The molecule has 0 amide bonds. The van der Waals surface area contributed by atoms with Crippen LogP contribution in [0.1, 0.15) is 43.7 Å². The normalized spacial score (nSPS) is 18.6. The molecule has 1 heterocycles. The van der Waals surface area contributed by atoms with Gasteiger partial charge in [-0.1, -0.05) is 19.3 Å². The van der Waals surface area contributed by atoms with Gasteiger partial charge in [0.2, 0.25) is 0 Å². The van der Waals surface area contributed by atoms with Gasteiger partial charge in [0.1, 0.15) is 0 Å². The summed E-state index contributed by atoms with van der Waals surface area (Å²) in [6, 6.07) is 0.648. The van der Waals surface area contributed by atoms with Crippen LogP contribution in [0.3, 0.4) is 0 Å². The van der Waals surface area contributed by atoms with Crippen molar-refractivity contribution in [2.24, 2.45) is 5.73 Å². The van der Waals surface area contributed by atoms with E-state index in [0.29, 0.717) is 6.04 Å². The van der Waals surface area contributed by atoms with E-state index in [-0.39, 0.29) is 0 Å². The molecule has 14 heavy (non-hydrogen) atoms. The highest BCUT2D eigenvalue weighted by molar-refractivity contribution is 5.05. The zero-order chi connectivity index (χ0) is 9.80. The largest absolute Gasteiger partial charge is 0.330 e. The summed E-state index contributed by atoms with van der Waals surface area (Å²) >= 11 is 0. The maximum Gasteiger partial charge on any atom is 0.0522 e. The van der Waals surface area contributed by atoms with E-state index in [1.807, 2.05) is 6.20 Å². The van der Waals surface area contributed by atoms with Crippen LogP contribution >= 0.6 is 0 Å².